The van der Waals surface area contributed by atoms with Crippen LogP contribution in [-0.4, -0.2) is 52.6 Å². The Bertz CT molecular complexity index is 196. The summed E-state index contributed by atoms with van der Waals surface area (Å²) >= 11 is 0. The Labute approximate surface area is 99.0 Å². The average molecular weight is 249 g/mol. The first-order valence-electron chi connectivity index (χ1n) is 5.75. The van der Waals surface area contributed by atoms with Gasteiger partial charge in [0.25, 0.3) is 5.53 Å². The second-order valence-electron chi connectivity index (χ2n) is 3.17. The molecule has 0 saturated carbocycles. The molecule has 0 aliphatic carbocycles. The third-order valence-electron chi connectivity index (χ3n) is 2.09. The first kappa shape index (κ1) is 15.6. The van der Waals surface area contributed by atoms with Gasteiger partial charge >= 0.3 is 8.80 Å². The Morgan fingerprint density at radius 2 is 1.38 bits per heavy atom. The van der Waals surface area contributed by atoms with E-state index in [-0.39, 0.29) is 5.53 Å². The molecule has 16 heavy (non-hydrogen) atoms. The molecule has 5 nitrogen and oxygen atoms in total. The van der Waals surface area contributed by atoms with Crippen LogP contribution in [-0.2, 0) is 13.3 Å². The second-order valence-corrected chi connectivity index (χ2v) is 5.58. The van der Waals surface area contributed by atoms with Gasteiger partial charge in [-0.25, -0.2) is 0 Å². The van der Waals surface area contributed by atoms with Crippen LogP contribution in [0.5, 0.6) is 0 Å². The molecule has 0 N–H and O–H groups in total. The van der Waals surface area contributed by atoms with Crippen molar-refractivity contribution in [1.29, 1.82) is 0 Å². The van der Waals surface area contributed by atoms with Crippen molar-refractivity contribution in [3.8, 4) is 0 Å². The largest absolute Gasteiger partial charge is 0.597 e. The molecule has 1 amide bonds. The monoisotopic (exact) mass is 249 g/mol. The number of carbonyl (C=O) groups is 1. The SMILES string of the molecule is CCO[Si](OCC)(OCC)C(=O)N(C)CC. The molecule has 0 fully saturated rings. The summed E-state index contributed by atoms with van der Waals surface area (Å²) in [7, 11) is -1.47. The molecule has 0 unspecified atom stereocenters. The van der Waals surface area contributed by atoms with E-state index in [1.165, 1.54) is 0 Å². The smallest absolute Gasteiger partial charge is 0.368 e. The van der Waals surface area contributed by atoms with Crippen molar-refractivity contribution in [2.45, 2.75) is 27.7 Å². The highest BCUT2D eigenvalue weighted by molar-refractivity contribution is 6.91. The molecule has 0 aliphatic rings. The molecular weight excluding hydrogens is 226 g/mol. The molecule has 0 aromatic rings. The summed E-state index contributed by atoms with van der Waals surface area (Å²) in [6.07, 6.45) is 0. The van der Waals surface area contributed by atoms with Gasteiger partial charge < -0.3 is 18.2 Å². The van der Waals surface area contributed by atoms with Crippen molar-refractivity contribution in [2.75, 3.05) is 33.4 Å². The van der Waals surface area contributed by atoms with Gasteiger partial charge in [0.1, 0.15) is 0 Å². The van der Waals surface area contributed by atoms with Crippen molar-refractivity contribution in [3.05, 3.63) is 0 Å². The second kappa shape index (κ2) is 7.78. The molecule has 0 spiro atoms. The maximum atomic E-state index is 12.2. The van der Waals surface area contributed by atoms with Gasteiger partial charge in [-0.2, -0.15) is 0 Å². The highest BCUT2D eigenvalue weighted by atomic mass is 28.4. The van der Waals surface area contributed by atoms with E-state index in [4.69, 9.17) is 13.3 Å². The highest BCUT2D eigenvalue weighted by Crippen LogP contribution is 2.14. The van der Waals surface area contributed by atoms with Crippen molar-refractivity contribution < 1.29 is 18.1 Å². The van der Waals surface area contributed by atoms with Crippen LogP contribution < -0.4 is 0 Å². The molecule has 0 atom stereocenters. The third-order valence-corrected chi connectivity index (χ3v) is 5.00. The molecule has 0 radical (unpaired) electrons. The quantitative estimate of drug-likeness (QED) is 0.614. The van der Waals surface area contributed by atoms with Gasteiger partial charge in [-0.1, -0.05) is 0 Å². The van der Waals surface area contributed by atoms with E-state index in [0.717, 1.165) is 0 Å². The van der Waals surface area contributed by atoms with Crippen LogP contribution in [0.1, 0.15) is 27.7 Å². The van der Waals surface area contributed by atoms with Crippen molar-refractivity contribution in [1.82, 2.24) is 4.90 Å². The van der Waals surface area contributed by atoms with E-state index in [1.54, 1.807) is 11.9 Å². The van der Waals surface area contributed by atoms with Crippen molar-refractivity contribution in [2.24, 2.45) is 0 Å². The minimum absolute atomic E-state index is 0.166. The summed E-state index contributed by atoms with van der Waals surface area (Å²) in [6, 6.07) is 0. The van der Waals surface area contributed by atoms with Gasteiger partial charge in [0, 0.05) is 33.4 Å². The number of rotatable bonds is 8. The fourth-order valence-corrected chi connectivity index (χ4v) is 3.64. The lowest BCUT2D eigenvalue weighted by Crippen LogP contribution is -2.58. The molecule has 0 aromatic heterocycles. The van der Waals surface area contributed by atoms with Gasteiger partial charge in [-0.15, -0.1) is 0 Å². The Kier molecular flexibility index (Phi) is 7.57. The number of nitrogens with zero attached hydrogens (tertiary/aromatic N) is 1. The topological polar surface area (TPSA) is 48.0 Å². The van der Waals surface area contributed by atoms with E-state index in [0.29, 0.717) is 26.4 Å². The summed E-state index contributed by atoms with van der Waals surface area (Å²) in [5.41, 5.74) is -0.166. The molecule has 0 saturated heterocycles. The predicted molar refractivity (Wildman–Crippen MR) is 64.3 cm³/mol. The lowest BCUT2D eigenvalue weighted by molar-refractivity contribution is 0.0736. The Hall–Kier alpha value is -0.433. The van der Waals surface area contributed by atoms with Crippen molar-refractivity contribution >= 4 is 14.3 Å². The molecule has 0 aromatic carbocycles. The molecule has 96 valence electrons. The third kappa shape index (κ3) is 3.86. The fourth-order valence-electron chi connectivity index (χ4n) is 1.26. The van der Waals surface area contributed by atoms with E-state index < -0.39 is 8.80 Å². The molecular formula is C10H23NO4Si. The van der Waals surface area contributed by atoms with Crippen LogP contribution in [0.4, 0.5) is 4.79 Å². The molecule has 0 rings (SSSR count). The van der Waals surface area contributed by atoms with Crippen LogP contribution in [0.2, 0.25) is 0 Å². The zero-order valence-electron chi connectivity index (χ0n) is 10.9. The number of carbonyl (C=O) groups excluding carboxylic acids is 1. The first-order chi connectivity index (χ1) is 7.57. The zero-order chi connectivity index (χ0) is 12.6. The van der Waals surface area contributed by atoms with Gasteiger partial charge in [0.2, 0.25) is 0 Å². The predicted octanol–water partition coefficient (Wildman–Crippen LogP) is 1.69. The summed E-state index contributed by atoms with van der Waals surface area (Å²) in [4.78, 5) is 13.8. The summed E-state index contributed by atoms with van der Waals surface area (Å²) in [6.45, 7) is 9.25. The summed E-state index contributed by atoms with van der Waals surface area (Å²) in [5, 5.41) is 0. The molecule has 0 aliphatic heterocycles. The lowest BCUT2D eigenvalue weighted by atomic mass is 10.7. The Morgan fingerprint density at radius 1 is 1.00 bits per heavy atom. The van der Waals surface area contributed by atoms with Crippen LogP contribution in [0.15, 0.2) is 0 Å². The van der Waals surface area contributed by atoms with Crippen molar-refractivity contribution in [3.63, 3.8) is 0 Å². The maximum Gasteiger partial charge on any atom is 0.597 e. The number of hydrogen-bond acceptors (Lipinski definition) is 4. The van der Waals surface area contributed by atoms with Gasteiger partial charge in [-0.05, 0) is 27.7 Å². The van der Waals surface area contributed by atoms with Crippen LogP contribution in [0.3, 0.4) is 0 Å². The van der Waals surface area contributed by atoms with Crippen LogP contribution in [0, 0.1) is 0 Å². The summed E-state index contributed by atoms with van der Waals surface area (Å²) in [5.74, 6) is 0. The number of hydrogen-bond donors (Lipinski definition) is 0. The minimum Gasteiger partial charge on any atom is -0.368 e. The normalized spacial score (nSPS) is 11.6. The summed E-state index contributed by atoms with van der Waals surface area (Å²) < 4.78 is 16.5. The standard InChI is InChI=1S/C10H23NO4Si/c1-6-11(5)10(12)16(13-7-2,14-8-3)15-9-4/h6-9H2,1-5H3. The van der Waals surface area contributed by atoms with Gasteiger partial charge in [0.15, 0.2) is 0 Å². The molecule has 0 bridgehead atoms. The maximum absolute atomic E-state index is 12.2. The van der Waals surface area contributed by atoms with Crippen LogP contribution in [0.25, 0.3) is 0 Å². The highest BCUT2D eigenvalue weighted by Gasteiger charge is 2.51. The Balaban J connectivity index is 4.90. The van der Waals surface area contributed by atoms with Gasteiger partial charge in [-0.3, -0.25) is 4.79 Å². The molecule has 0 heterocycles. The zero-order valence-corrected chi connectivity index (χ0v) is 11.9. The number of amides is 1. The van der Waals surface area contributed by atoms with E-state index in [9.17, 15) is 4.79 Å². The minimum atomic E-state index is -3.20. The van der Waals surface area contributed by atoms with E-state index in [1.807, 2.05) is 27.7 Å². The average Bonchev–Trinajstić information content (AvgIpc) is 2.28. The van der Waals surface area contributed by atoms with E-state index >= 15 is 0 Å². The van der Waals surface area contributed by atoms with E-state index in [2.05, 4.69) is 0 Å². The Morgan fingerprint density at radius 3 is 1.62 bits per heavy atom. The molecule has 6 heteroatoms. The van der Waals surface area contributed by atoms with Crippen LogP contribution >= 0.6 is 0 Å². The first-order valence-corrected chi connectivity index (χ1v) is 7.47. The van der Waals surface area contributed by atoms with Gasteiger partial charge in [0.05, 0.1) is 0 Å². The lowest BCUT2D eigenvalue weighted by Gasteiger charge is -2.30. The fraction of sp³-hybridized carbons (Fsp3) is 0.900.